The largest absolute Gasteiger partial charge is 0.292 e. The van der Waals surface area contributed by atoms with Gasteiger partial charge in [-0.3, -0.25) is 24.7 Å². The lowest BCUT2D eigenvalue weighted by Gasteiger charge is -2.00. The molecule has 2 N–H and O–H groups in total. The summed E-state index contributed by atoms with van der Waals surface area (Å²) in [6.45, 7) is 3.50. The van der Waals surface area contributed by atoms with Crippen LogP contribution in [0.2, 0.25) is 0 Å². The Morgan fingerprint density at radius 3 is 2.76 bits per heavy atom. The zero-order valence-electron chi connectivity index (χ0n) is 13.7. The SMILES string of the molecule is Cc1cc(=O)[nH]c(-n2[nH]c(C)c(/C=C3\C=Nc4ccccc43)c2=O)n1. The van der Waals surface area contributed by atoms with Crippen molar-refractivity contribution in [3.8, 4) is 5.95 Å². The zero-order valence-corrected chi connectivity index (χ0v) is 13.7. The lowest BCUT2D eigenvalue weighted by Crippen LogP contribution is -2.22. The highest BCUT2D eigenvalue weighted by Crippen LogP contribution is 2.31. The van der Waals surface area contributed by atoms with Crippen molar-refractivity contribution in [1.29, 1.82) is 0 Å². The lowest BCUT2D eigenvalue weighted by molar-refractivity contribution is 0.763. The Labute approximate surface area is 142 Å². The van der Waals surface area contributed by atoms with E-state index in [9.17, 15) is 9.59 Å². The lowest BCUT2D eigenvalue weighted by atomic mass is 10.0. The van der Waals surface area contributed by atoms with Crippen molar-refractivity contribution in [1.82, 2.24) is 19.7 Å². The molecule has 1 aliphatic rings. The smallest absolute Gasteiger partial charge is 0.281 e. The molecule has 0 atom stereocenters. The number of aromatic nitrogens is 4. The molecule has 0 radical (unpaired) electrons. The van der Waals surface area contributed by atoms with Gasteiger partial charge >= 0.3 is 0 Å². The number of fused-ring (bicyclic) bond motifs is 1. The van der Waals surface area contributed by atoms with E-state index >= 15 is 0 Å². The Hall–Kier alpha value is -3.48. The van der Waals surface area contributed by atoms with Crippen LogP contribution in [0.1, 0.15) is 22.5 Å². The highest BCUT2D eigenvalue weighted by atomic mass is 16.1. The van der Waals surface area contributed by atoms with Crippen LogP contribution in [0.3, 0.4) is 0 Å². The maximum absolute atomic E-state index is 12.8. The molecule has 25 heavy (non-hydrogen) atoms. The van der Waals surface area contributed by atoms with E-state index in [4.69, 9.17) is 0 Å². The number of hydrogen-bond donors (Lipinski definition) is 2. The van der Waals surface area contributed by atoms with E-state index in [1.54, 1.807) is 26.1 Å². The van der Waals surface area contributed by atoms with Gasteiger partial charge in [0.1, 0.15) is 0 Å². The van der Waals surface area contributed by atoms with Crippen LogP contribution < -0.4 is 11.1 Å². The van der Waals surface area contributed by atoms with E-state index in [2.05, 4.69) is 20.1 Å². The minimum atomic E-state index is -0.307. The second-order valence-electron chi connectivity index (χ2n) is 5.88. The van der Waals surface area contributed by atoms with Crippen LogP contribution in [-0.2, 0) is 0 Å². The average molecular weight is 333 g/mol. The predicted octanol–water partition coefficient (Wildman–Crippen LogP) is 2.12. The number of nitrogens with one attached hydrogen (secondary N) is 2. The van der Waals surface area contributed by atoms with Crippen LogP contribution >= 0.6 is 0 Å². The van der Waals surface area contributed by atoms with E-state index in [0.29, 0.717) is 17.0 Å². The molecule has 0 spiro atoms. The molecule has 0 unspecified atom stereocenters. The number of H-pyrrole nitrogens is 2. The van der Waals surface area contributed by atoms with E-state index in [-0.39, 0.29) is 17.1 Å². The Morgan fingerprint density at radius 1 is 1.16 bits per heavy atom. The van der Waals surface area contributed by atoms with Gasteiger partial charge in [-0.25, -0.2) is 4.98 Å². The molecule has 0 amide bonds. The first-order valence-corrected chi connectivity index (χ1v) is 7.78. The number of aryl methyl sites for hydroxylation is 2. The summed E-state index contributed by atoms with van der Waals surface area (Å²) in [5, 5.41) is 2.96. The summed E-state index contributed by atoms with van der Waals surface area (Å²) in [5.74, 6) is 0.170. The molecule has 7 nitrogen and oxygen atoms in total. The minimum Gasteiger partial charge on any atom is -0.292 e. The maximum Gasteiger partial charge on any atom is 0.281 e. The van der Waals surface area contributed by atoms with Gasteiger partial charge in [0, 0.05) is 34.8 Å². The third-order valence-electron chi connectivity index (χ3n) is 4.04. The second-order valence-corrected chi connectivity index (χ2v) is 5.88. The summed E-state index contributed by atoms with van der Waals surface area (Å²) in [6, 6.07) is 9.13. The van der Waals surface area contributed by atoms with Gasteiger partial charge in [0.15, 0.2) is 0 Å². The number of aliphatic imine (C=N–C) groups is 1. The van der Waals surface area contributed by atoms with E-state index in [1.807, 2.05) is 24.3 Å². The molecular formula is C18H15N5O2. The third kappa shape index (κ3) is 2.55. The van der Waals surface area contributed by atoms with Crippen molar-refractivity contribution < 1.29 is 0 Å². The highest BCUT2D eigenvalue weighted by molar-refractivity contribution is 6.21. The van der Waals surface area contributed by atoms with E-state index in [1.165, 1.54) is 10.7 Å². The number of benzene rings is 1. The Bertz CT molecular complexity index is 1160. The minimum absolute atomic E-state index is 0.170. The van der Waals surface area contributed by atoms with Gasteiger partial charge < -0.3 is 0 Å². The monoisotopic (exact) mass is 333 g/mol. The van der Waals surface area contributed by atoms with Gasteiger partial charge in [0.05, 0.1) is 11.3 Å². The Morgan fingerprint density at radius 2 is 1.96 bits per heavy atom. The fourth-order valence-electron chi connectivity index (χ4n) is 2.86. The topological polar surface area (TPSA) is 95.9 Å². The molecule has 4 rings (SSSR count). The molecule has 0 saturated carbocycles. The molecule has 3 heterocycles. The summed E-state index contributed by atoms with van der Waals surface area (Å²) in [7, 11) is 0. The maximum atomic E-state index is 12.8. The summed E-state index contributed by atoms with van der Waals surface area (Å²) in [6.07, 6.45) is 3.54. The number of hydrogen-bond acceptors (Lipinski definition) is 4. The summed E-state index contributed by atoms with van der Waals surface area (Å²) in [4.78, 5) is 35.6. The Balaban J connectivity index is 1.85. The van der Waals surface area contributed by atoms with Gasteiger partial charge in [-0.1, -0.05) is 18.2 Å². The molecule has 0 fully saturated rings. The van der Waals surface area contributed by atoms with Crippen molar-refractivity contribution in [2.24, 2.45) is 4.99 Å². The number of para-hydroxylation sites is 1. The Kier molecular flexibility index (Phi) is 3.35. The van der Waals surface area contributed by atoms with Crippen LogP contribution in [0.25, 0.3) is 17.6 Å². The zero-order chi connectivity index (χ0) is 17.6. The van der Waals surface area contributed by atoms with Gasteiger partial charge in [0.25, 0.3) is 11.1 Å². The normalized spacial score (nSPS) is 14.2. The number of allylic oxidation sites excluding steroid dienone is 1. The molecular weight excluding hydrogens is 318 g/mol. The first kappa shape index (κ1) is 15.1. The molecule has 1 aliphatic heterocycles. The fraction of sp³-hybridized carbons (Fsp3) is 0.111. The number of rotatable bonds is 2. The fourth-order valence-corrected chi connectivity index (χ4v) is 2.86. The first-order chi connectivity index (χ1) is 12.0. The summed E-state index contributed by atoms with van der Waals surface area (Å²) in [5.41, 5.74) is 3.86. The molecule has 124 valence electrons. The van der Waals surface area contributed by atoms with Gasteiger partial charge in [-0.15, -0.1) is 0 Å². The quantitative estimate of drug-likeness (QED) is 0.752. The number of aromatic amines is 2. The van der Waals surface area contributed by atoms with Gasteiger partial charge in [0.2, 0.25) is 5.95 Å². The van der Waals surface area contributed by atoms with Gasteiger partial charge in [-0.05, 0) is 26.0 Å². The van der Waals surface area contributed by atoms with Gasteiger partial charge in [-0.2, -0.15) is 4.68 Å². The van der Waals surface area contributed by atoms with Crippen molar-refractivity contribution >= 4 is 23.6 Å². The molecule has 0 aliphatic carbocycles. The second kappa shape index (κ2) is 5.55. The molecule has 0 saturated heterocycles. The molecule has 0 bridgehead atoms. The van der Waals surface area contributed by atoms with Crippen molar-refractivity contribution in [2.45, 2.75) is 13.8 Å². The van der Waals surface area contributed by atoms with Crippen LogP contribution in [-0.4, -0.2) is 26.0 Å². The third-order valence-corrected chi connectivity index (χ3v) is 4.04. The standard InChI is InChI=1S/C18H15N5O2/c1-10-7-16(24)21-18(20-10)23-17(25)14(11(2)22-23)8-12-9-19-15-6-4-3-5-13(12)15/h3-9,22H,1-2H3,(H,20,21,24)/b12-8+. The van der Waals surface area contributed by atoms with E-state index in [0.717, 1.165) is 16.8 Å². The summed E-state index contributed by atoms with van der Waals surface area (Å²) < 4.78 is 1.24. The van der Waals surface area contributed by atoms with Crippen LogP contribution in [0, 0.1) is 13.8 Å². The van der Waals surface area contributed by atoms with Crippen molar-refractivity contribution in [3.05, 3.63) is 73.6 Å². The molecule has 3 aromatic rings. The molecule has 7 heteroatoms. The molecule has 2 aromatic heterocycles. The summed E-state index contributed by atoms with van der Waals surface area (Å²) >= 11 is 0. The first-order valence-electron chi connectivity index (χ1n) is 7.78. The van der Waals surface area contributed by atoms with Crippen LogP contribution in [0.15, 0.2) is 44.9 Å². The van der Waals surface area contributed by atoms with Crippen molar-refractivity contribution in [2.75, 3.05) is 0 Å². The highest BCUT2D eigenvalue weighted by Gasteiger charge is 2.16. The van der Waals surface area contributed by atoms with Crippen molar-refractivity contribution in [3.63, 3.8) is 0 Å². The average Bonchev–Trinajstić information content (AvgIpc) is 3.10. The number of nitrogens with zero attached hydrogens (tertiary/aromatic N) is 3. The van der Waals surface area contributed by atoms with Crippen LogP contribution in [0.5, 0.6) is 0 Å². The van der Waals surface area contributed by atoms with Crippen LogP contribution in [0.4, 0.5) is 5.69 Å². The predicted molar refractivity (Wildman–Crippen MR) is 96.7 cm³/mol. The molecule has 1 aromatic carbocycles. The van der Waals surface area contributed by atoms with E-state index < -0.39 is 0 Å².